The maximum absolute atomic E-state index is 12.9. The molecule has 1 aliphatic heterocycles. The summed E-state index contributed by atoms with van der Waals surface area (Å²) in [4.78, 5) is 23.6. The highest BCUT2D eigenvalue weighted by molar-refractivity contribution is 7.10. The van der Waals surface area contributed by atoms with Crippen LogP contribution >= 0.6 is 11.3 Å². The summed E-state index contributed by atoms with van der Waals surface area (Å²) >= 11 is 1.65. The first-order valence-corrected chi connectivity index (χ1v) is 10.3. The van der Waals surface area contributed by atoms with Crippen LogP contribution in [0.3, 0.4) is 0 Å². The van der Waals surface area contributed by atoms with E-state index in [1.54, 1.807) is 25.2 Å². The summed E-state index contributed by atoms with van der Waals surface area (Å²) in [5.74, 6) is -1.24. The Morgan fingerprint density at radius 2 is 2.10 bits per heavy atom. The van der Waals surface area contributed by atoms with Crippen molar-refractivity contribution in [3.8, 4) is 0 Å². The topological polar surface area (TPSA) is 63.4 Å². The second kappa shape index (κ2) is 7.40. The first kappa shape index (κ1) is 19.8. The van der Waals surface area contributed by atoms with E-state index in [9.17, 15) is 18.0 Å². The Balaban J connectivity index is 1.54. The van der Waals surface area contributed by atoms with Crippen LogP contribution in [0, 0.1) is 13.8 Å². The second-order valence-electron chi connectivity index (χ2n) is 7.17. The quantitative estimate of drug-likeness (QED) is 0.633. The average molecular weight is 423 g/mol. The van der Waals surface area contributed by atoms with Crippen LogP contribution in [0.5, 0.6) is 0 Å². The summed E-state index contributed by atoms with van der Waals surface area (Å²) in [6.45, 7) is 4.13. The van der Waals surface area contributed by atoms with E-state index >= 15 is 0 Å². The number of alkyl halides is 3. The molecule has 4 rings (SSSR count). The third-order valence-electron chi connectivity index (χ3n) is 5.34. The van der Waals surface area contributed by atoms with Gasteiger partial charge in [0.15, 0.2) is 0 Å². The lowest BCUT2D eigenvalue weighted by molar-refractivity contribution is -0.144. The summed E-state index contributed by atoms with van der Waals surface area (Å²) in [7, 11) is 0. The number of rotatable bonds is 4. The van der Waals surface area contributed by atoms with Gasteiger partial charge in [0.25, 0.3) is 11.6 Å². The molecule has 10 heteroatoms. The third kappa shape index (κ3) is 3.73. The maximum Gasteiger partial charge on any atom is 0.453 e. The predicted molar refractivity (Wildman–Crippen MR) is 102 cm³/mol. The molecule has 1 atom stereocenters. The predicted octanol–water partition coefficient (Wildman–Crippen LogP) is 4.12. The second-order valence-corrected chi connectivity index (χ2v) is 8.15. The molecular formula is C19H20F3N5OS. The van der Waals surface area contributed by atoms with Gasteiger partial charge in [-0.05, 0) is 50.1 Å². The molecule has 1 saturated heterocycles. The number of carbonyl (C=O) groups is 1. The van der Waals surface area contributed by atoms with Gasteiger partial charge in [-0.15, -0.1) is 16.4 Å². The fourth-order valence-electron chi connectivity index (χ4n) is 3.91. The Morgan fingerprint density at radius 1 is 1.31 bits per heavy atom. The number of fused-ring (bicyclic) bond motifs is 1. The number of aryl methyl sites for hydroxylation is 2. The van der Waals surface area contributed by atoms with Crippen LogP contribution in [-0.2, 0) is 17.4 Å². The van der Waals surface area contributed by atoms with Crippen LogP contribution in [0.2, 0.25) is 0 Å². The molecule has 0 bridgehead atoms. The smallest absolute Gasteiger partial charge is 0.335 e. The zero-order chi connectivity index (χ0) is 20.8. The van der Waals surface area contributed by atoms with Crippen LogP contribution in [-0.4, -0.2) is 36.9 Å². The fraction of sp³-hybridized carbons (Fsp3) is 0.474. The normalized spacial score (nSPS) is 17.4. The van der Waals surface area contributed by atoms with Crippen molar-refractivity contribution in [3.05, 3.63) is 45.2 Å². The van der Waals surface area contributed by atoms with E-state index in [1.165, 1.54) is 4.88 Å². The molecule has 6 nitrogen and oxygen atoms in total. The highest BCUT2D eigenvalue weighted by atomic mass is 32.1. The van der Waals surface area contributed by atoms with Crippen molar-refractivity contribution in [3.63, 3.8) is 0 Å². The molecule has 0 saturated carbocycles. The standard InChI is InChI=1S/C19H20F3N5OS/c1-11-13(12(2)27-18(23-11)24-17(25-27)19(20,21)22)7-8-16(28)26-9-3-5-14(26)15-6-4-10-29-15/h4,6,10,14H,3,5,7-9H2,1-2H3. The van der Waals surface area contributed by atoms with E-state index in [0.29, 0.717) is 17.8 Å². The van der Waals surface area contributed by atoms with Gasteiger partial charge in [-0.1, -0.05) is 6.07 Å². The van der Waals surface area contributed by atoms with E-state index in [0.717, 1.165) is 29.5 Å². The molecule has 154 valence electrons. The summed E-state index contributed by atoms with van der Waals surface area (Å²) in [5.41, 5.74) is 1.83. The van der Waals surface area contributed by atoms with E-state index in [-0.39, 0.29) is 24.1 Å². The molecule has 0 spiro atoms. The van der Waals surface area contributed by atoms with Crippen molar-refractivity contribution >= 4 is 23.0 Å². The Bertz CT molecular complexity index is 1040. The molecule has 3 aromatic heterocycles. The van der Waals surface area contributed by atoms with Gasteiger partial charge >= 0.3 is 6.18 Å². The zero-order valence-corrected chi connectivity index (χ0v) is 16.8. The maximum atomic E-state index is 12.9. The molecule has 0 aliphatic carbocycles. The Morgan fingerprint density at radius 3 is 2.79 bits per heavy atom. The van der Waals surface area contributed by atoms with Crippen molar-refractivity contribution in [2.24, 2.45) is 0 Å². The van der Waals surface area contributed by atoms with Crippen molar-refractivity contribution in [2.75, 3.05) is 6.54 Å². The van der Waals surface area contributed by atoms with Gasteiger partial charge in [0.1, 0.15) is 0 Å². The molecule has 1 aliphatic rings. The molecule has 1 unspecified atom stereocenters. The van der Waals surface area contributed by atoms with Gasteiger partial charge in [0.2, 0.25) is 5.91 Å². The number of aromatic nitrogens is 4. The molecule has 1 fully saturated rings. The summed E-state index contributed by atoms with van der Waals surface area (Å²) in [6.07, 6.45) is -2.03. The summed E-state index contributed by atoms with van der Waals surface area (Å²) in [6, 6.07) is 4.16. The monoisotopic (exact) mass is 423 g/mol. The average Bonchev–Trinajstić information content (AvgIpc) is 3.39. The lowest BCUT2D eigenvalue weighted by atomic mass is 10.1. The highest BCUT2D eigenvalue weighted by Gasteiger charge is 2.37. The molecule has 0 N–H and O–H groups in total. The SMILES string of the molecule is Cc1nc2nc(C(F)(F)F)nn2c(C)c1CCC(=O)N1CCCC1c1cccs1. The van der Waals surface area contributed by atoms with E-state index in [4.69, 9.17) is 0 Å². The van der Waals surface area contributed by atoms with Crippen molar-refractivity contribution in [2.45, 2.75) is 51.7 Å². The van der Waals surface area contributed by atoms with Crippen LogP contribution in [0.25, 0.3) is 5.78 Å². The molecule has 29 heavy (non-hydrogen) atoms. The van der Waals surface area contributed by atoms with E-state index in [1.807, 2.05) is 16.3 Å². The minimum Gasteiger partial charge on any atom is -0.335 e. The highest BCUT2D eigenvalue weighted by Crippen LogP contribution is 2.35. The number of thiophene rings is 1. The van der Waals surface area contributed by atoms with Gasteiger partial charge in [-0.25, -0.2) is 9.50 Å². The van der Waals surface area contributed by atoms with Crippen LogP contribution in [0.1, 0.15) is 53.0 Å². The van der Waals surface area contributed by atoms with Gasteiger partial charge in [0, 0.05) is 29.2 Å². The Kier molecular flexibility index (Phi) is 5.05. The molecule has 0 aromatic carbocycles. The fourth-order valence-corrected chi connectivity index (χ4v) is 4.78. The molecule has 1 amide bonds. The lowest BCUT2D eigenvalue weighted by Gasteiger charge is -2.24. The molecular weight excluding hydrogens is 403 g/mol. The third-order valence-corrected chi connectivity index (χ3v) is 6.31. The minimum atomic E-state index is -4.63. The Labute approximate surface area is 169 Å². The number of nitrogens with zero attached hydrogens (tertiary/aromatic N) is 5. The van der Waals surface area contributed by atoms with Gasteiger partial charge < -0.3 is 4.90 Å². The number of amides is 1. The number of likely N-dealkylation sites (tertiary alicyclic amines) is 1. The largest absolute Gasteiger partial charge is 0.453 e. The number of hydrogen-bond acceptors (Lipinski definition) is 5. The van der Waals surface area contributed by atoms with Gasteiger partial charge in [-0.3, -0.25) is 4.79 Å². The zero-order valence-electron chi connectivity index (χ0n) is 16.0. The van der Waals surface area contributed by atoms with Crippen molar-refractivity contribution in [1.29, 1.82) is 0 Å². The summed E-state index contributed by atoms with van der Waals surface area (Å²) in [5, 5.41) is 5.57. The number of hydrogen-bond donors (Lipinski definition) is 0. The Hall–Kier alpha value is -2.49. The number of halogens is 3. The first-order valence-electron chi connectivity index (χ1n) is 9.38. The van der Waals surface area contributed by atoms with Crippen LogP contribution in [0.15, 0.2) is 17.5 Å². The van der Waals surface area contributed by atoms with Crippen molar-refractivity contribution < 1.29 is 18.0 Å². The van der Waals surface area contributed by atoms with Crippen LogP contribution in [0.4, 0.5) is 13.2 Å². The minimum absolute atomic E-state index is 0.0503. The number of carbonyl (C=O) groups excluding carboxylic acids is 1. The van der Waals surface area contributed by atoms with Gasteiger partial charge in [0.05, 0.1) is 6.04 Å². The van der Waals surface area contributed by atoms with Crippen molar-refractivity contribution in [1.82, 2.24) is 24.5 Å². The molecule has 3 aromatic rings. The first-order chi connectivity index (χ1) is 13.8. The van der Waals surface area contributed by atoms with Gasteiger partial charge in [-0.2, -0.15) is 18.2 Å². The lowest BCUT2D eigenvalue weighted by Crippen LogP contribution is -2.30. The summed E-state index contributed by atoms with van der Waals surface area (Å²) < 4.78 is 39.9. The molecule has 4 heterocycles. The molecule has 0 radical (unpaired) electrons. The van der Waals surface area contributed by atoms with Crippen LogP contribution < -0.4 is 0 Å². The van der Waals surface area contributed by atoms with E-state index in [2.05, 4.69) is 21.1 Å². The van der Waals surface area contributed by atoms with E-state index < -0.39 is 12.0 Å².